The molecule has 1 N–H and O–H groups in total. The maximum atomic E-state index is 12.4. The molecule has 1 heterocycles. The van der Waals surface area contributed by atoms with E-state index in [1.165, 1.54) is 46.3 Å². The van der Waals surface area contributed by atoms with Gasteiger partial charge in [-0.05, 0) is 84.2 Å². The van der Waals surface area contributed by atoms with Crippen LogP contribution in [0.3, 0.4) is 0 Å². The summed E-state index contributed by atoms with van der Waals surface area (Å²) in [6.07, 6.45) is -0.831. The van der Waals surface area contributed by atoms with Crippen LogP contribution in [-0.4, -0.2) is 25.1 Å². The highest BCUT2D eigenvalue weighted by molar-refractivity contribution is 7.97. The van der Waals surface area contributed by atoms with Crippen LogP contribution >= 0.6 is 11.9 Å². The molecule has 1 aliphatic heterocycles. The van der Waals surface area contributed by atoms with Crippen LogP contribution in [0.4, 0.5) is 13.2 Å². The van der Waals surface area contributed by atoms with Gasteiger partial charge in [-0.2, -0.15) is 0 Å². The lowest BCUT2D eigenvalue weighted by molar-refractivity contribution is -0.274. The van der Waals surface area contributed by atoms with Crippen molar-refractivity contribution >= 4 is 11.9 Å². The van der Waals surface area contributed by atoms with Gasteiger partial charge in [0.1, 0.15) is 5.75 Å². The van der Waals surface area contributed by atoms with Gasteiger partial charge in [0.2, 0.25) is 0 Å². The average Bonchev–Trinajstić information content (AvgIpc) is 3.00. The van der Waals surface area contributed by atoms with Gasteiger partial charge in [-0.15, -0.1) is 13.2 Å². The summed E-state index contributed by atoms with van der Waals surface area (Å²) < 4.78 is 51.0. The van der Waals surface area contributed by atoms with E-state index in [0.29, 0.717) is 6.61 Å². The van der Waals surface area contributed by atoms with Crippen molar-refractivity contribution in [2.45, 2.75) is 55.0 Å². The molecule has 178 valence electrons. The van der Waals surface area contributed by atoms with Gasteiger partial charge in [-0.3, -0.25) is 4.72 Å². The fourth-order valence-corrected chi connectivity index (χ4v) is 5.79. The largest absolute Gasteiger partial charge is 0.573 e. The highest BCUT2D eigenvalue weighted by Gasteiger charge is 2.35. The minimum atomic E-state index is -4.68. The topological polar surface area (TPSA) is 30.5 Å². The van der Waals surface area contributed by atoms with Gasteiger partial charge < -0.3 is 9.47 Å². The fraction of sp³-hybridized carbons (Fsp3) is 0.333. The van der Waals surface area contributed by atoms with E-state index in [0.717, 1.165) is 30.6 Å². The number of fused-ring (bicyclic) bond motifs is 2. The Morgan fingerprint density at radius 3 is 2.09 bits per heavy atom. The molecule has 0 amide bonds. The van der Waals surface area contributed by atoms with Gasteiger partial charge in [0, 0.05) is 23.5 Å². The smallest absolute Gasteiger partial charge is 0.406 e. The summed E-state index contributed by atoms with van der Waals surface area (Å²) in [5.74, 6) is -0.0306. The molecule has 3 aromatic rings. The molecule has 0 bridgehead atoms. The third kappa shape index (κ3) is 5.43. The Hall–Kier alpha value is -2.48. The highest BCUT2D eigenvalue weighted by atomic mass is 32.2. The number of ether oxygens (including phenoxy) is 2. The van der Waals surface area contributed by atoms with Crippen molar-refractivity contribution in [3.05, 3.63) is 95.1 Å². The van der Waals surface area contributed by atoms with Crippen LogP contribution in [0.2, 0.25) is 0 Å². The number of benzene rings is 3. The second-order valence-corrected chi connectivity index (χ2v) is 9.66. The van der Waals surface area contributed by atoms with Crippen molar-refractivity contribution in [1.29, 1.82) is 0 Å². The van der Waals surface area contributed by atoms with E-state index in [1.54, 1.807) is 12.1 Å². The molecule has 2 atom stereocenters. The van der Waals surface area contributed by atoms with Crippen molar-refractivity contribution < 1.29 is 22.6 Å². The van der Waals surface area contributed by atoms with Gasteiger partial charge in [0.05, 0.1) is 6.10 Å². The Labute approximate surface area is 201 Å². The lowest BCUT2D eigenvalue weighted by Crippen LogP contribution is -2.39. The van der Waals surface area contributed by atoms with Crippen molar-refractivity contribution in [1.82, 2.24) is 4.72 Å². The molecule has 34 heavy (non-hydrogen) atoms. The molecule has 1 fully saturated rings. The van der Waals surface area contributed by atoms with Gasteiger partial charge in [0.25, 0.3) is 0 Å². The SMILES string of the molecule is FC(F)(F)Oc1ccc(SN[C@H]2CCOC(C3c4ccccc4CCc4ccccc43)C2)cc1. The second-order valence-electron chi connectivity index (χ2n) is 8.74. The number of hydrogen-bond donors (Lipinski definition) is 1. The Kier molecular flexibility index (Phi) is 6.86. The molecule has 3 aromatic carbocycles. The molecule has 0 spiro atoms. The van der Waals surface area contributed by atoms with Crippen molar-refractivity contribution in [2.75, 3.05) is 6.61 Å². The molecular weight excluding hydrogens is 459 g/mol. The molecular formula is C27H26F3NO2S. The van der Waals surface area contributed by atoms with E-state index in [2.05, 4.69) is 58.0 Å². The number of aryl methyl sites for hydroxylation is 2. The number of nitrogens with one attached hydrogen (secondary N) is 1. The Balaban J connectivity index is 1.29. The molecule has 1 unspecified atom stereocenters. The predicted octanol–water partition coefficient (Wildman–Crippen LogP) is 6.66. The zero-order valence-corrected chi connectivity index (χ0v) is 19.4. The number of hydrogen-bond acceptors (Lipinski definition) is 4. The van der Waals surface area contributed by atoms with Crippen molar-refractivity contribution in [2.24, 2.45) is 0 Å². The number of rotatable bonds is 5. The second kappa shape index (κ2) is 10.0. The van der Waals surface area contributed by atoms with Crippen LogP contribution in [-0.2, 0) is 17.6 Å². The summed E-state index contributed by atoms with van der Waals surface area (Å²) >= 11 is 1.44. The molecule has 0 radical (unpaired) electrons. The third-order valence-electron chi connectivity index (χ3n) is 6.53. The fourth-order valence-electron chi connectivity index (χ4n) is 5.00. The summed E-state index contributed by atoms with van der Waals surface area (Å²) in [4.78, 5) is 0.836. The lowest BCUT2D eigenvalue weighted by atomic mass is 9.80. The Bertz CT molecular complexity index is 1070. The summed E-state index contributed by atoms with van der Waals surface area (Å²) in [6, 6.07) is 23.6. The molecule has 3 nitrogen and oxygen atoms in total. The number of halogens is 3. The minimum Gasteiger partial charge on any atom is -0.406 e. The first-order valence-electron chi connectivity index (χ1n) is 11.5. The van der Waals surface area contributed by atoms with E-state index >= 15 is 0 Å². The highest BCUT2D eigenvalue weighted by Crippen LogP contribution is 2.40. The number of alkyl halides is 3. The van der Waals surface area contributed by atoms with Gasteiger partial charge >= 0.3 is 6.36 Å². The lowest BCUT2D eigenvalue weighted by Gasteiger charge is -2.36. The zero-order valence-electron chi connectivity index (χ0n) is 18.6. The van der Waals surface area contributed by atoms with E-state index in [4.69, 9.17) is 4.74 Å². The van der Waals surface area contributed by atoms with Crippen LogP contribution in [0.1, 0.15) is 41.0 Å². The third-order valence-corrected chi connectivity index (χ3v) is 7.49. The average molecular weight is 486 g/mol. The first-order chi connectivity index (χ1) is 16.5. The van der Waals surface area contributed by atoms with Crippen LogP contribution in [0.5, 0.6) is 5.75 Å². The molecule has 1 saturated heterocycles. The van der Waals surface area contributed by atoms with Crippen LogP contribution in [0, 0.1) is 0 Å². The van der Waals surface area contributed by atoms with Gasteiger partial charge in [0.15, 0.2) is 0 Å². The quantitative estimate of drug-likeness (QED) is 0.410. The van der Waals surface area contributed by atoms with Gasteiger partial charge in [-0.25, -0.2) is 0 Å². The maximum absolute atomic E-state index is 12.4. The van der Waals surface area contributed by atoms with E-state index < -0.39 is 6.36 Å². The normalized spacial score (nSPS) is 20.8. The van der Waals surface area contributed by atoms with E-state index in [-0.39, 0.29) is 23.8 Å². The molecule has 2 aliphatic rings. The monoisotopic (exact) mass is 485 g/mol. The summed E-state index contributed by atoms with van der Waals surface area (Å²) in [7, 11) is 0. The van der Waals surface area contributed by atoms with E-state index in [9.17, 15) is 13.2 Å². The Morgan fingerprint density at radius 1 is 0.853 bits per heavy atom. The first-order valence-corrected chi connectivity index (χ1v) is 12.3. The predicted molar refractivity (Wildman–Crippen MR) is 127 cm³/mol. The van der Waals surface area contributed by atoms with E-state index in [1.807, 2.05) is 0 Å². The van der Waals surface area contributed by atoms with Crippen LogP contribution in [0.25, 0.3) is 0 Å². The van der Waals surface area contributed by atoms with Crippen molar-refractivity contribution in [3.8, 4) is 5.75 Å². The zero-order chi connectivity index (χ0) is 23.5. The molecule has 0 saturated carbocycles. The summed E-state index contributed by atoms with van der Waals surface area (Å²) in [6.45, 7) is 0.669. The minimum absolute atomic E-state index is 0.0508. The molecule has 7 heteroatoms. The first kappa shape index (κ1) is 23.3. The van der Waals surface area contributed by atoms with Gasteiger partial charge in [-0.1, -0.05) is 48.5 Å². The summed E-state index contributed by atoms with van der Waals surface area (Å²) in [5.41, 5.74) is 5.48. The molecule has 0 aromatic heterocycles. The van der Waals surface area contributed by atoms with Crippen LogP contribution in [0.15, 0.2) is 77.7 Å². The maximum Gasteiger partial charge on any atom is 0.573 e. The molecule has 5 rings (SSSR count). The summed E-state index contributed by atoms with van der Waals surface area (Å²) in [5, 5.41) is 0. The Morgan fingerprint density at radius 2 is 1.47 bits per heavy atom. The molecule has 1 aliphatic carbocycles. The van der Waals surface area contributed by atoms with Crippen LogP contribution < -0.4 is 9.46 Å². The standard InChI is InChI=1S/C27H26F3NO2S/c28-27(29,30)33-21-11-13-22(14-12-21)34-31-20-15-16-32-25(17-20)26-23-7-3-1-5-18(23)9-10-19-6-2-4-8-24(19)26/h1-8,11-14,20,25-26,31H,9-10,15-17H2/t20-,25?/m0/s1. The van der Waals surface area contributed by atoms with Crippen molar-refractivity contribution in [3.63, 3.8) is 0 Å².